The van der Waals surface area contributed by atoms with Crippen LogP contribution in [0.2, 0.25) is 0 Å². The third-order valence-electron chi connectivity index (χ3n) is 3.19. The number of nitrogens with one attached hydrogen (secondary N) is 1. The average molecular weight is 393 g/mol. The van der Waals surface area contributed by atoms with Crippen LogP contribution < -0.4 is 5.32 Å². The van der Waals surface area contributed by atoms with Gasteiger partial charge in [0.1, 0.15) is 11.5 Å². The first-order valence-corrected chi connectivity index (χ1v) is 9.34. The summed E-state index contributed by atoms with van der Waals surface area (Å²) in [5, 5.41) is 2.37. The Balaban J connectivity index is 1.86. The number of benzene rings is 2. The van der Waals surface area contributed by atoms with Gasteiger partial charge in [0.25, 0.3) is 0 Å². The number of rotatable bonds is 6. The van der Waals surface area contributed by atoms with Crippen LogP contribution in [0.1, 0.15) is 11.1 Å². The summed E-state index contributed by atoms with van der Waals surface area (Å²) in [5.74, 6) is 0. The Morgan fingerprint density at radius 3 is 2.35 bits per heavy atom. The lowest BCUT2D eigenvalue weighted by Gasteiger charge is -2.40. The molecular formula is C17H16F5NO2S. The highest BCUT2D eigenvalue weighted by atomic mass is 32.5. The topological polar surface area (TPSA) is 38.3 Å². The number of alkyl carbamates (subject to hydrolysis) is 1. The summed E-state index contributed by atoms with van der Waals surface area (Å²) in [4.78, 5) is 9.53. The second-order valence-electron chi connectivity index (χ2n) is 5.39. The number of hydrogen-bond donors (Lipinski definition) is 1. The van der Waals surface area contributed by atoms with Crippen molar-refractivity contribution >= 4 is 22.4 Å². The molecule has 0 spiro atoms. The van der Waals surface area contributed by atoms with Gasteiger partial charge in [0.15, 0.2) is 0 Å². The molecule has 0 aromatic heterocycles. The molecule has 0 radical (unpaired) electrons. The van der Waals surface area contributed by atoms with Crippen LogP contribution in [0, 0.1) is 0 Å². The Morgan fingerprint density at radius 2 is 1.69 bits per heavy atom. The van der Waals surface area contributed by atoms with Crippen LogP contribution in [0.5, 0.6) is 0 Å². The third kappa shape index (κ3) is 6.40. The van der Waals surface area contributed by atoms with E-state index < -0.39 is 21.2 Å². The maximum absolute atomic E-state index is 12.7. The van der Waals surface area contributed by atoms with Gasteiger partial charge in [-0.3, -0.25) is 0 Å². The minimum Gasteiger partial charge on any atom is -0.445 e. The van der Waals surface area contributed by atoms with Crippen molar-refractivity contribution in [2.45, 2.75) is 11.5 Å². The van der Waals surface area contributed by atoms with Crippen LogP contribution in [-0.2, 0) is 11.3 Å². The van der Waals surface area contributed by atoms with Crippen molar-refractivity contribution < 1.29 is 29.0 Å². The maximum Gasteiger partial charge on any atom is 0.407 e. The fraction of sp³-hybridized carbons (Fsp3) is 0.118. The molecule has 0 bridgehead atoms. The van der Waals surface area contributed by atoms with Crippen LogP contribution in [0.3, 0.4) is 0 Å². The number of carbonyl (C=O) groups excluding carboxylic acids is 1. The van der Waals surface area contributed by atoms with Gasteiger partial charge in [0.05, 0.1) is 0 Å². The van der Waals surface area contributed by atoms with E-state index in [0.717, 1.165) is 11.6 Å². The number of hydrogen-bond acceptors (Lipinski definition) is 2. The van der Waals surface area contributed by atoms with Gasteiger partial charge in [-0.15, -0.1) is 0 Å². The zero-order valence-electron chi connectivity index (χ0n) is 13.4. The highest BCUT2D eigenvalue weighted by Crippen LogP contribution is 3.02. The molecule has 0 heterocycles. The van der Waals surface area contributed by atoms with Crippen molar-refractivity contribution in [2.75, 3.05) is 6.54 Å². The fourth-order valence-corrected chi connectivity index (χ4v) is 2.66. The normalized spacial score (nSPS) is 14.5. The molecule has 0 aliphatic rings. The fourth-order valence-electron chi connectivity index (χ4n) is 1.97. The average Bonchev–Trinajstić information content (AvgIpc) is 2.56. The van der Waals surface area contributed by atoms with Crippen molar-refractivity contribution in [3.63, 3.8) is 0 Å². The van der Waals surface area contributed by atoms with Crippen molar-refractivity contribution in [1.82, 2.24) is 5.32 Å². The summed E-state index contributed by atoms with van der Waals surface area (Å²) in [6.07, 6.45) is 1.82. The SMILES string of the molecule is O=C(NCC=Cc1cccc(S(F)(F)(F)(F)F)c1)OCc1ccccc1. The Hall–Kier alpha value is -2.55. The molecule has 142 valence electrons. The van der Waals surface area contributed by atoms with Gasteiger partial charge >= 0.3 is 16.3 Å². The molecular weight excluding hydrogens is 377 g/mol. The predicted octanol–water partition coefficient (Wildman–Crippen LogP) is 6.28. The van der Waals surface area contributed by atoms with E-state index in [4.69, 9.17) is 4.74 Å². The molecule has 3 nitrogen and oxygen atoms in total. The van der Waals surface area contributed by atoms with Gasteiger partial charge in [-0.05, 0) is 23.3 Å². The Bertz CT molecular complexity index is 807. The van der Waals surface area contributed by atoms with E-state index in [1.807, 2.05) is 6.07 Å². The van der Waals surface area contributed by atoms with Gasteiger partial charge in [-0.2, -0.15) is 0 Å². The molecule has 1 amide bonds. The number of halogens is 5. The van der Waals surface area contributed by atoms with Crippen LogP contribution in [0.25, 0.3) is 6.08 Å². The molecule has 0 saturated carbocycles. The molecule has 2 aromatic carbocycles. The van der Waals surface area contributed by atoms with Crippen LogP contribution in [0.4, 0.5) is 24.2 Å². The lowest BCUT2D eigenvalue weighted by Crippen LogP contribution is -2.24. The van der Waals surface area contributed by atoms with E-state index in [0.29, 0.717) is 12.1 Å². The summed E-state index contributed by atoms with van der Waals surface area (Å²) in [5.41, 5.74) is 0.737. The first-order chi connectivity index (χ1) is 11.9. The van der Waals surface area contributed by atoms with E-state index in [1.54, 1.807) is 24.3 Å². The Labute approximate surface area is 147 Å². The van der Waals surface area contributed by atoms with Gasteiger partial charge < -0.3 is 10.1 Å². The standard InChI is InChI=1S/C17H16F5NO2S/c18-26(19,20,21,22)16-10-4-8-14(12-16)9-5-11-23-17(24)25-13-15-6-2-1-3-7-15/h1-10,12H,11,13H2,(H,23,24). The summed E-state index contributed by atoms with van der Waals surface area (Å²) >= 11 is 0. The zero-order valence-corrected chi connectivity index (χ0v) is 14.2. The van der Waals surface area contributed by atoms with Crippen molar-refractivity contribution in [3.05, 3.63) is 71.8 Å². The van der Waals surface area contributed by atoms with Gasteiger partial charge in [0.2, 0.25) is 0 Å². The summed E-state index contributed by atoms with van der Waals surface area (Å²) < 4.78 is 68.7. The van der Waals surface area contributed by atoms with E-state index in [2.05, 4.69) is 5.32 Å². The van der Waals surface area contributed by atoms with E-state index in [1.165, 1.54) is 18.2 Å². The molecule has 1 N–H and O–H groups in total. The first-order valence-electron chi connectivity index (χ1n) is 7.39. The van der Waals surface area contributed by atoms with Crippen molar-refractivity contribution in [2.24, 2.45) is 0 Å². The van der Waals surface area contributed by atoms with Gasteiger partial charge in [0, 0.05) is 6.54 Å². The quantitative estimate of drug-likeness (QED) is 0.586. The summed E-state index contributed by atoms with van der Waals surface area (Å²) in [7, 11) is -9.70. The van der Waals surface area contributed by atoms with Crippen LogP contribution >= 0.6 is 10.2 Å². The second-order valence-corrected chi connectivity index (χ2v) is 7.80. The van der Waals surface area contributed by atoms with Crippen molar-refractivity contribution in [1.29, 1.82) is 0 Å². The Kier molecular flexibility index (Phi) is 5.05. The number of carbonyl (C=O) groups is 1. The molecule has 0 unspecified atom stereocenters. The zero-order chi connectivity index (χ0) is 19.3. The highest BCUT2D eigenvalue weighted by Gasteiger charge is 2.65. The molecule has 0 aliphatic heterocycles. The minimum absolute atomic E-state index is 0.0335. The number of ether oxygens (including phenoxy) is 1. The van der Waals surface area contributed by atoms with Gasteiger partial charge in [-0.1, -0.05) is 74.0 Å². The summed E-state index contributed by atoms with van der Waals surface area (Å²) in [6.45, 7) is 0.0383. The van der Waals surface area contributed by atoms with E-state index in [9.17, 15) is 24.2 Å². The molecule has 26 heavy (non-hydrogen) atoms. The maximum atomic E-state index is 12.7. The predicted molar refractivity (Wildman–Crippen MR) is 91.5 cm³/mol. The third-order valence-corrected chi connectivity index (χ3v) is 4.34. The highest BCUT2D eigenvalue weighted by molar-refractivity contribution is 8.45. The molecule has 0 fully saturated rings. The molecule has 2 rings (SSSR count). The Morgan fingerprint density at radius 1 is 1.00 bits per heavy atom. The van der Waals surface area contributed by atoms with E-state index in [-0.39, 0.29) is 18.7 Å². The molecule has 2 aromatic rings. The second kappa shape index (κ2) is 6.64. The monoisotopic (exact) mass is 393 g/mol. The number of amides is 1. The molecule has 0 aliphatic carbocycles. The van der Waals surface area contributed by atoms with Crippen LogP contribution in [-0.4, -0.2) is 12.6 Å². The largest absolute Gasteiger partial charge is 0.445 e. The lowest BCUT2D eigenvalue weighted by atomic mass is 10.2. The summed E-state index contributed by atoms with van der Waals surface area (Å²) in [6, 6.07) is 11.8. The lowest BCUT2D eigenvalue weighted by molar-refractivity contribution is 0.141. The van der Waals surface area contributed by atoms with Gasteiger partial charge in [-0.25, -0.2) is 4.79 Å². The minimum atomic E-state index is -9.70. The molecule has 0 atom stereocenters. The smallest absolute Gasteiger partial charge is 0.407 e. The van der Waals surface area contributed by atoms with Crippen LogP contribution in [0.15, 0.2) is 65.6 Å². The first kappa shape index (κ1) is 19.8. The van der Waals surface area contributed by atoms with Crippen molar-refractivity contribution in [3.8, 4) is 0 Å². The molecule has 9 heteroatoms. The molecule has 0 saturated heterocycles. The van der Waals surface area contributed by atoms with E-state index >= 15 is 0 Å².